The van der Waals surface area contributed by atoms with E-state index in [2.05, 4.69) is 35.9 Å². The molecule has 4 rings (SSSR count). The lowest BCUT2D eigenvalue weighted by Gasteiger charge is -2.36. The van der Waals surface area contributed by atoms with Gasteiger partial charge in [-0.1, -0.05) is 0 Å². The van der Waals surface area contributed by atoms with Crippen LogP contribution in [-0.4, -0.2) is 74.8 Å². The first-order valence-corrected chi connectivity index (χ1v) is 9.22. The summed E-state index contributed by atoms with van der Waals surface area (Å²) in [4.78, 5) is 31.6. The first kappa shape index (κ1) is 16.7. The maximum Gasteiger partial charge on any atom is 0.244 e. The summed E-state index contributed by atoms with van der Waals surface area (Å²) < 4.78 is 1.56. The number of hydrogen-bond acceptors (Lipinski definition) is 7. The summed E-state index contributed by atoms with van der Waals surface area (Å²) in [5.74, 6) is 2.04. The summed E-state index contributed by atoms with van der Waals surface area (Å²) in [6, 6.07) is 2.08. The standard InChI is InChI=1S/C17H24N8O/c26-17(11-25-14-18-12-21-25)24-8-6-23(7-9-24)16-10-15(19-13-20-16)22-4-2-1-3-5-22/h10,12-14H,1-9,11H2. The Balaban J connectivity index is 1.35. The van der Waals surface area contributed by atoms with Crippen LogP contribution in [0.25, 0.3) is 0 Å². The van der Waals surface area contributed by atoms with Gasteiger partial charge in [-0.15, -0.1) is 0 Å². The van der Waals surface area contributed by atoms with Crippen LogP contribution in [0.5, 0.6) is 0 Å². The topological polar surface area (TPSA) is 83.3 Å². The molecule has 26 heavy (non-hydrogen) atoms. The van der Waals surface area contributed by atoms with Gasteiger partial charge in [0.15, 0.2) is 0 Å². The van der Waals surface area contributed by atoms with Gasteiger partial charge in [0.25, 0.3) is 0 Å². The van der Waals surface area contributed by atoms with Gasteiger partial charge in [0.1, 0.15) is 37.2 Å². The van der Waals surface area contributed by atoms with E-state index in [4.69, 9.17) is 0 Å². The molecule has 0 atom stereocenters. The minimum atomic E-state index is 0.0758. The van der Waals surface area contributed by atoms with Crippen LogP contribution in [-0.2, 0) is 11.3 Å². The molecule has 0 spiro atoms. The SMILES string of the molecule is O=C(Cn1cncn1)N1CCN(c2cc(N3CCCCC3)ncn2)CC1. The van der Waals surface area contributed by atoms with Crippen LogP contribution in [0.4, 0.5) is 11.6 Å². The first-order chi connectivity index (χ1) is 12.8. The van der Waals surface area contributed by atoms with Gasteiger partial charge in [-0.2, -0.15) is 5.10 Å². The van der Waals surface area contributed by atoms with E-state index in [0.29, 0.717) is 13.1 Å². The van der Waals surface area contributed by atoms with Crippen LogP contribution in [0.15, 0.2) is 25.0 Å². The Morgan fingerprint density at radius 2 is 1.58 bits per heavy atom. The van der Waals surface area contributed by atoms with Gasteiger partial charge in [-0.3, -0.25) is 4.79 Å². The second kappa shape index (κ2) is 7.67. The van der Waals surface area contributed by atoms with E-state index in [-0.39, 0.29) is 12.5 Å². The van der Waals surface area contributed by atoms with Crippen molar-refractivity contribution in [3.8, 4) is 0 Å². The Kier molecular flexibility index (Phi) is 4.94. The number of carbonyl (C=O) groups is 1. The van der Waals surface area contributed by atoms with Crippen molar-refractivity contribution >= 4 is 17.5 Å². The second-order valence-corrected chi connectivity index (χ2v) is 6.74. The van der Waals surface area contributed by atoms with Crippen molar-refractivity contribution in [3.05, 3.63) is 25.0 Å². The summed E-state index contributed by atoms with van der Waals surface area (Å²) in [7, 11) is 0. The molecule has 2 aromatic heterocycles. The molecule has 138 valence electrons. The number of hydrogen-bond donors (Lipinski definition) is 0. The number of rotatable bonds is 4. The predicted octanol–water partition coefficient (Wildman–Crippen LogP) is 0.407. The smallest absolute Gasteiger partial charge is 0.244 e. The molecular weight excluding hydrogens is 332 g/mol. The number of anilines is 2. The van der Waals surface area contributed by atoms with Gasteiger partial charge in [-0.25, -0.2) is 19.6 Å². The zero-order chi connectivity index (χ0) is 17.8. The maximum atomic E-state index is 12.4. The van der Waals surface area contributed by atoms with Crippen LogP contribution < -0.4 is 9.80 Å². The van der Waals surface area contributed by atoms with Gasteiger partial charge < -0.3 is 14.7 Å². The molecule has 0 aliphatic carbocycles. The Hall–Kier alpha value is -2.71. The van der Waals surface area contributed by atoms with Crippen molar-refractivity contribution in [2.75, 3.05) is 49.1 Å². The lowest BCUT2D eigenvalue weighted by Crippen LogP contribution is -2.50. The zero-order valence-corrected chi connectivity index (χ0v) is 14.9. The normalized spacial score (nSPS) is 18.2. The summed E-state index contributed by atoms with van der Waals surface area (Å²) in [5.41, 5.74) is 0. The van der Waals surface area contributed by atoms with Crippen LogP contribution in [0, 0.1) is 0 Å². The molecule has 9 heteroatoms. The Morgan fingerprint density at radius 1 is 0.885 bits per heavy atom. The second-order valence-electron chi connectivity index (χ2n) is 6.74. The highest BCUT2D eigenvalue weighted by Gasteiger charge is 2.23. The van der Waals surface area contributed by atoms with Gasteiger partial charge >= 0.3 is 0 Å². The van der Waals surface area contributed by atoms with Crippen molar-refractivity contribution in [1.29, 1.82) is 0 Å². The molecule has 1 amide bonds. The average molecular weight is 356 g/mol. The van der Waals surface area contributed by atoms with E-state index in [1.165, 1.54) is 25.6 Å². The molecule has 2 saturated heterocycles. The molecule has 2 aliphatic rings. The molecular formula is C17H24N8O. The fourth-order valence-electron chi connectivity index (χ4n) is 3.54. The van der Waals surface area contributed by atoms with Crippen LogP contribution in [0.1, 0.15) is 19.3 Å². The molecule has 2 aliphatic heterocycles. The van der Waals surface area contributed by atoms with Gasteiger partial charge in [0.05, 0.1) is 0 Å². The molecule has 0 radical (unpaired) electrons. The highest BCUT2D eigenvalue weighted by molar-refractivity contribution is 5.76. The van der Waals surface area contributed by atoms with Crippen molar-refractivity contribution in [2.45, 2.75) is 25.8 Å². The molecule has 9 nitrogen and oxygen atoms in total. The molecule has 4 heterocycles. The Morgan fingerprint density at radius 3 is 2.23 bits per heavy atom. The molecule has 0 bridgehead atoms. The highest BCUT2D eigenvalue weighted by Crippen LogP contribution is 2.22. The van der Waals surface area contributed by atoms with E-state index in [9.17, 15) is 4.79 Å². The lowest BCUT2D eigenvalue weighted by molar-refractivity contribution is -0.132. The predicted molar refractivity (Wildman–Crippen MR) is 96.9 cm³/mol. The zero-order valence-electron chi connectivity index (χ0n) is 14.9. The van der Waals surface area contributed by atoms with E-state index in [0.717, 1.165) is 37.8 Å². The van der Waals surface area contributed by atoms with Gasteiger partial charge in [0, 0.05) is 45.3 Å². The number of piperidine rings is 1. The highest BCUT2D eigenvalue weighted by atomic mass is 16.2. The third-order valence-corrected chi connectivity index (χ3v) is 5.04. The lowest BCUT2D eigenvalue weighted by atomic mass is 10.1. The quantitative estimate of drug-likeness (QED) is 0.784. The number of carbonyl (C=O) groups excluding carboxylic acids is 1. The van der Waals surface area contributed by atoms with E-state index >= 15 is 0 Å². The molecule has 2 aromatic rings. The molecule has 0 aromatic carbocycles. The summed E-state index contributed by atoms with van der Waals surface area (Å²) in [6.07, 6.45) is 8.43. The minimum Gasteiger partial charge on any atom is -0.356 e. The van der Waals surface area contributed by atoms with Crippen molar-refractivity contribution < 1.29 is 4.79 Å². The van der Waals surface area contributed by atoms with Crippen LogP contribution in [0.3, 0.4) is 0 Å². The fraction of sp³-hybridized carbons (Fsp3) is 0.588. The largest absolute Gasteiger partial charge is 0.356 e. The maximum absolute atomic E-state index is 12.4. The molecule has 0 saturated carbocycles. The van der Waals surface area contributed by atoms with E-state index in [1.807, 2.05) is 4.90 Å². The van der Waals surface area contributed by atoms with E-state index < -0.39 is 0 Å². The van der Waals surface area contributed by atoms with Crippen molar-refractivity contribution in [1.82, 2.24) is 29.6 Å². The monoisotopic (exact) mass is 356 g/mol. The number of piperazine rings is 1. The summed E-state index contributed by atoms with van der Waals surface area (Å²) >= 11 is 0. The van der Waals surface area contributed by atoms with Crippen molar-refractivity contribution in [2.24, 2.45) is 0 Å². The number of amides is 1. The van der Waals surface area contributed by atoms with Crippen LogP contribution in [0.2, 0.25) is 0 Å². The average Bonchev–Trinajstić information content (AvgIpc) is 3.22. The summed E-state index contributed by atoms with van der Waals surface area (Å²) in [6.45, 7) is 5.32. The molecule has 0 N–H and O–H groups in total. The Bertz CT molecular complexity index is 720. The fourth-order valence-corrected chi connectivity index (χ4v) is 3.54. The minimum absolute atomic E-state index is 0.0758. The Labute approximate surface area is 152 Å². The summed E-state index contributed by atoms with van der Waals surface area (Å²) in [5, 5.41) is 3.99. The third-order valence-electron chi connectivity index (χ3n) is 5.04. The van der Waals surface area contributed by atoms with E-state index in [1.54, 1.807) is 17.3 Å². The molecule has 2 fully saturated rings. The van der Waals surface area contributed by atoms with Crippen molar-refractivity contribution in [3.63, 3.8) is 0 Å². The molecule has 0 unspecified atom stereocenters. The van der Waals surface area contributed by atoms with Crippen LogP contribution >= 0.6 is 0 Å². The number of aromatic nitrogens is 5. The van der Waals surface area contributed by atoms with Gasteiger partial charge in [0.2, 0.25) is 5.91 Å². The third kappa shape index (κ3) is 3.76. The number of nitrogens with zero attached hydrogens (tertiary/aromatic N) is 8. The first-order valence-electron chi connectivity index (χ1n) is 9.22. The van der Waals surface area contributed by atoms with Gasteiger partial charge in [-0.05, 0) is 19.3 Å².